The number of nitrogen functional groups attached to an aromatic ring is 1. The lowest BCUT2D eigenvalue weighted by atomic mass is 10.3. The van der Waals surface area contributed by atoms with Crippen LogP contribution in [-0.2, 0) is 6.54 Å². The summed E-state index contributed by atoms with van der Waals surface area (Å²) in [6.45, 7) is 0.130. The van der Waals surface area contributed by atoms with Gasteiger partial charge in [-0.2, -0.15) is 0 Å². The smallest absolute Gasteiger partial charge is 0.267 e. The minimum Gasteiger partial charge on any atom is -0.480 e. The highest BCUT2D eigenvalue weighted by molar-refractivity contribution is 5.76. The molecule has 0 fully saturated rings. The molecule has 2 heterocycles. The van der Waals surface area contributed by atoms with Gasteiger partial charge in [0, 0.05) is 23.9 Å². The summed E-state index contributed by atoms with van der Waals surface area (Å²) in [4.78, 5) is 16.0. The summed E-state index contributed by atoms with van der Waals surface area (Å²) < 4.78 is 11.8. The summed E-state index contributed by atoms with van der Waals surface area (Å²) in [5.74, 6) is 0.735. The lowest BCUT2D eigenvalue weighted by molar-refractivity contribution is 0.373. The van der Waals surface area contributed by atoms with E-state index >= 15 is 0 Å². The monoisotopic (exact) mass is 272 g/mol. The van der Waals surface area contributed by atoms with Gasteiger partial charge in [0.2, 0.25) is 11.8 Å². The highest BCUT2D eigenvalue weighted by Gasteiger charge is 2.09. The third-order valence-electron chi connectivity index (χ3n) is 2.79. The molecule has 0 atom stereocenters. The molecular formula is C13H12N4O3. The highest BCUT2D eigenvalue weighted by Crippen LogP contribution is 2.18. The van der Waals surface area contributed by atoms with E-state index in [1.807, 2.05) is 0 Å². The molecule has 0 radical (unpaired) electrons. The van der Waals surface area contributed by atoms with Crippen molar-refractivity contribution in [1.82, 2.24) is 14.8 Å². The number of ether oxygens (including phenoxy) is 1. The first-order valence-corrected chi connectivity index (χ1v) is 5.93. The van der Waals surface area contributed by atoms with Gasteiger partial charge in [0.15, 0.2) is 5.58 Å². The molecule has 1 aromatic carbocycles. The van der Waals surface area contributed by atoms with E-state index in [0.29, 0.717) is 28.6 Å². The van der Waals surface area contributed by atoms with Crippen LogP contribution in [0.3, 0.4) is 0 Å². The fourth-order valence-corrected chi connectivity index (χ4v) is 1.84. The number of rotatable bonds is 3. The van der Waals surface area contributed by atoms with Crippen molar-refractivity contribution >= 4 is 16.8 Å². The van der Waals surface area contributed by atoms with Crippen LogP contribution in [0.1, 0.15) is 5.89 Å². The predicted molar refractivity (Wildman–Crippen MR) is 72.6 cm³/mol. The van der Waals surface area contributed by atoms with Crippen molar-refractivity contribution in [2.45, 2.75) is 6.54 Å². The molecule has 102 valence electrons. The van der Waals surface area contributed by atoms with Crippen LogP contribution in [-0.4, -0.2) is 21.9 Å². The van der Waals surface area contributed by atoms with Crippen LogP contribution in [0.25, 0.3) is 11.1 Å². The number of hydrogen-bond acceptors (Lipinski definition) is 6. The number of nitrogens with two attached hydrogens (primary N) is 1. The Labute approximate surface area is 113 Å². The molecule has 0 saturated heterocycles. The van der Waals surface area contributed by atoms with Crippen molar-refractivity contribution in [2.75, 3.05) is 12.8 Å². The minimum atomic E-state index is -0.257. The number of anilines is 1. The van der Waals surface area contributed by atoms with Crippen LogP contribution in [0, 0.1) is 0 Å². The average molecular weight is 272 g/mol. The molecule has 0 saturated carbocycles. The van der Waals surface area contributed by atoms with E-state index in [1.54, 1.807) is 18.2 Å². The van der Waals surface area contributed by atoms with Gasteiger partial charge in [-0.1, -0.05) is 0 Å². The van der Waals surface area contributed by atoms with Crippen molar-refractivity contribution in [2.24, 2.45) is 0 Å². The molecule has 0 amide bonds. The molecule has 0 spiro atoms. The van der Waals surface area contributed by atoms with Gasteiger partial charge in [-0.25, -0.2) is 9.67 Å². The summed E-state index contributed by atoms with van der Waals surface area (Å²) in [5.41, 5.74) is 7.28. The van der Waals surface area contributed by atoms with Crippen LogP contribution < -0.4 is 16.0 Å². The van der Waals surface area contributed by atoms with Crippen LogP contribution in [0.15, 0.2) is 39.5 Å². The fourth-order valence-electron chi connectivity index (χ4n) is 1.84. The number of hydrogen-bond donors (Lipinski definition) is 1. The molecule has 0 aliphatic carbocycles. The second-order valence-corrected chi connectivity index (χ2v) is 4.21. The third kappa shape index (κ3) is 2.20. The zero-order chi connectivity index (χ0) is 14.1. The van der Waals surface area contributed by atoms with E-state index in [2.05, 4.69) is 10.1 Å². The van der Waals surface area contributed by atoms with Gasteiger partial charge >= 0.3 is 0 Å². The maximum atomic E-state index is 11.7. The van der Waals surface area contributed by atoms with Gasteiger partial charge < -0.3 is 14.9 Å². The lowest BCUT2D eigenvalue weighted by Crippen LogP contribution is -2.22. The molecule has 2 N–H and O–H groups in total. The van der Waals surface area contributed by atoms with E-state index in [-0.39, 0.29) is 12.1 Å². The molecule has 20 heavy (non-hydrogen) atoms. The number of aromatic nitrogens is 3. The van der Waals surface area contributed by atoms with Gasteiger partial charge in [-0.05, 0) is 12.1 Å². The maximum Gasteiger partial charge on any atom is 0.267 e. The van der Waals surface area contributed by atoms with Crippen molar-refractivity contribution in [3.05, 3.63) is 46.6 Å². The normalized spacial score (nSPS) is 10.8. The van der Waals surface area contributed by atoms with Gasteiger partial charge in [-0.3, -0.25) is 4.79 Å². The molecule has 7 nitrogen and oxygen atoms in total. The van der Waals surface area contributed by atoms with E-state index < -0.39 is 0 Å². The third-order valence-corrected chi connectivity index (χ3v) is 2.79. The van der Waals surface area contributed by atoms with E-state index in [9.17, 15) is 4.79 Å². The summed E-state index contributed by atoms with van der Waals surface area (Å²) >= 11 is 0. The van der Waals surface area contributed by atoms with Crippen LogP contribution in [0.4, 0.5) is 5.69 Å². The van der Waals surface area contributed by atoms with Crippen LogP contribution in [0.5, 0.6) is 5.88 Å². The Kier molecular flexibility index (Phi) is 2.86. The van der Waals surface area contributed by atoms with Gasteiger partial charge in [0.1, 0.15) is 12.1 Å². The Hall–Kier alpha value is -2.83. The standard InChI is InChI=1S/C13H12N4O3/c1-19-11-4-5-13(18)17(16-11)7-12-15-9-3-2-8(14)6-10(9)20-12/h2-6H,7,14H2,1H3. The first-order valence-electron chi connectivity index (χ1n) is 5.93. The summed E-state index contributed by atoms with van der Waals surface area (Å²) in [6, 6.07) is 8.08. The molecule has 7 heteroatoms. The molecule has 3 aromatic rings. The summed E-state index contributed by atoms with van der Waals surface area (Å²) in [6.07, 6.45) is 0. The SMILES string of the molecule is COc1ccc(=O)n(Cc2nc3ccc(N)cc3o2)n1. The molecule has 0 aliphatic heterocycles. The quantitative estimate of drug-likeness (QED) is 0.715. The zero-order valence-electron chi connectivity index (χ0n) is 10.7. The summed E-state index contributed by atoms with van der Waals surface area (Å²) in [7, 11) is 1.49. The number of oxazole rings is 1. The van der Waals surface area contributed by atoms with E-state index in [0.717, 1.165) is 0 Å². The molecule has 0 unspecified atom stereocenters. The Morgan fingerprint density at radius 2 is 2.20 bits per heavy atom. The minimum absolute atomic E-state index is 0.130. The molecular weight excluding hydrogens is 260 g/mol. The van der Waals surface area contributed by atoms with Gasteiger partial charge in [-0.15, -0.1) is 5.10 Å². The van der Waals surface area contributed by atoms with Crippen molar-refractivity contribution < 1.29 is 9.15 Å². The first-order chi connectivity index (χ1) is 9.65. The van der Waals surface area contributed by atoms with Gasteiger partial charge in [0.05, 0.1) is 7.11 Å². The highest BCUT2D eigenvalue weighted by atomic mass is 16.5. The fraction of sp³-hybridized carbons (Fsp3) is 0.154. The second kappa shape index (κ2) is 4.69. The Balaban J connectivity index is 1.98. The Morgan fingerprint density at radius 1 is 1.35 bits per heavy atom. The van der Waals surface area contributed by atoms with Crippen LogP contribution >= 0.6 is 0 Å². The number of fused-ring (bicyclic) bond motifs is 1. The average Bonchev–Trinajstić information content (AvgIpc) is 2.82. The zero-order valence-corrected chi connectivity index (χ0v) is 10.7. The van der Waals surface area contributed by atoms with Crippen molar-refractivity contribution in [3.8, 4) is 5.88 Å². The van der Waals surface area contributed by atoms with E-state index in [4.69, 9.17) is 14.9 Å². The summed E-state index contributed by atoms with van der Waals surface area (Å²) in [5, 5.41) is 4.03. The maximum absolute atomic E-state index is 11.7. The van der Waals surface area contributed by atoms with Gasteiger partial charge in [0.25, 0.3) is 5.56 Å². The molecule has 2 aromatic heterocycles. The topological polar surface area (TPSA) is 96.2 Å². The predicted octanol–water partition coefficient (Wildman–Crippen LogP) is 1.02. The van der Waals surface area contributed by atoms with E-state index in [1.165, 1.54) is 23.9 Å². The molecule has 0 aliphatic rings. The molecule has 3 rings (SSSR count). The first kappa shape index (κ1) is 12.2. The number of benzene rings is 1. The van der Waals surface area contributed by atoms with Crippen molar-refractivity contribution in [3.63, 3.8) is 0 Å². The molecule has 0 bridgehead atoms. The van der Waals surface area contributed by atoms with Crippen LogP contribution in [0.2, 0.25) is 0 Å². The Morgan fingerprint density at radius 3 is 3.00 bits per heavy atom. The largest absolute Gasteiger partial charge is 0.480 e. The number of nitrogens with zero attached hydrogens (tertiary/aromatic N) is 3. The second-order valence-electron chi connectivity index (χ2n) is 4.21. The lowest BCUT2D eigenvalue weighted by Gasteiger charge is -2.03. The van der Waals surface area contributed by atoms with Crippen molar-refractivity contribution in [1.29, 1.82) is 0 Å². The Bertz CT molecular complexity index is 822. The number of methoxy groups -OCH3 is 1.